The average Bonchev–Trinajstić information content (AvgIpc) is 3.68. The minimum Gasteiger partial charge on any atom is -0.310 e. The van der Waals surface area contributed by atoms with E-state index in [4.69, 9.17) is 0 Å². The molecule has 252 valence electrons. The summed E-state index contributed by atoms with van der Waals surface area (Å²) in [5.41, 5.74) is 14.7. The molecule has 0 unspecified atom stereocenters. The van der Waals surface area contributed by atoms with E-state index in [0.717, 1.165) is 17.1 Å². The molecule has 10 rings (SSSR count). The van der Waals surface area contributed by atoms with E-state index in [1.54, 1.807) is 0 Å². The molecule has 9 aromatic rings. The molecule has 0 radical (unpaired) electrons. The van der Waals surface area contributed by atoms with Crippen LogP contribution in [-0.2, 0) is 10.8 Å². The van der Waals surface area contributed by atoms with E-state index in [1.807, 2.05) is 0 Å². The molecular formula is C49H41N3. The van der Waals surface area contributed by atoms with Gasteiger partial charge in [0.2, 0.25) is 0 Å². The first kappa shape index (κ1) is 30.7. The molecule has 1 aliphatic heterocycles. The topological polar surface area (TPSA) is 13.1 Å². The third-order valence-electron chi connectivity index (χ3n) is 11.4. The van der Waals surface area contributed by atoms with Crippen LogP contribution in [0, 0.1) is 0 Å². The summed E-state index contributed by atoms with van der Waals surface area (Å²) in [5, 5.41) is 5.17. The molecule has 0 N–H and O–H groups in total. The minimum absolute atomic E-state index is 0.0863. The summed E-state index contributed by atoms with van der Waals surface area (Å²) < 4.78 is 5.02. The Hall–Kier alpha value is -6.06. The lowest BCUT2D eigenvalue weighted by molar-refractivity contribution is 0.590. The van der Waals surface area contributed by atoms with Gasteiger partial charge in [-0.15, -0.1) is 0 Å². The third kappa shape index (κ3) is 4.32. The van der Waals surface area contributed by atoms with Crippen molar-refractivity contribution in [2.45, 2.75) is 45.4 Å². The van der Waals surface area contributed by atoms with Gasteiger partial charge in [-0.3, -0.25) is 0 Å². The second kappa shape index (κ2) is 11.0. The molecule has 0 atom stereocenters. The predicted molar refractivity (Wildman–Crippen MR) is 221 cm³/mol. The Kier molecular flexibility index (Phi) is 6.48. The SMILES string of the molecule is CC(C)(C)c1ccc(N(c2ccccc2)c2ccc3c(c2)C(C)(C)c2cc4c5ccccc5n(-c5ccccc5)c4c4c5ccccc5n-3c24)cc1. The van der Waals surface area contributed by atoms with Crippen molar-refractivity contribution in [2.24, 2.45) is 0 Å². The number of anilines is 3. The van der Waals surface area contributed by atoms with Crippen LogP contribution in [0.5, 0.6) is 0 Å². The molecule has 52 heavy (non-hydrogen) atoms. The van der Waals surface area contributed by atoms with Crippen LogP contribution in [-0.4, -0.2) is 9.13 Å². The fourth-order valence-corrected chi connectivity index (χ4v) is 8.82. The molecule has 2 aromatic heterocycles. The van der Waals surface area contributed by atoms with Crippen molar-refractivity contribution in [3.63, 3.8) is 0 Å². The lowest BCUT2D eigenvalue weighted by Gasteiger charge is -2.36. The summed E-state index contributed by atoms with van der Waals surface area (Å²) in [5.74, 6) is 0. The van der Waals surface area contributed by atoms with Gasteiger partial charge >= 0.3 is 0 Å². The molecule has 3 heteroatoms. The predicted octanol–water partition coefficient (Wildman–Crippen LogP) is 13.3. The van der Waals surface area contributed by atoms with Gasteiger partial charge in [0.15, 0.2) is 0 Å². The molecule has 1 aliphatic rings. The largest absolute Gasteiger partial charge is 0.310 e. The average molecular weight is 672 g/mol. The monoisotopic (exact) mass is 671 g/mol. The maximum absolute atomic E-state index is 2.54. The number of para-hydroxylation sites is 4. The fraction of sp³-hybridized carbons (Fsp3) is 0.143. The second-order valence-electron chi connectivity index (χ2n) is 15.9. The van der Waals surface area contributed by atoms with Crippen molar-refractivity contribution in [1.29, 1.82) is 0 Å². The molecule has 0 fully saturated rings. The van der Waals surface area contributed by atoms with Gasteiger partial charge in [0.05, 0.1) is 27.8 Å². The van der Waals surface area contributed by atoms with E-state index in [9.17, 15) is 0 Å². The van der Waals surface area contributed by atoms with Gasteiger partial charge in [-0.25, -0.2) is 0 Å². The van der Waals surface area contributed by atoms with Crippen LogP contribution >= 0.6 is 0 Å². The van der Waals surface area contributed by atoms with Crippen LogP contribution in [0.25, 0.3) is 55.0 Å². The number of hydrogen-bond donors (Lipinski definition) is 0. The van der Waals surface area contributed by atoms with Crippen LogP contribution in [0.2, 0.25) is 0 Å². The zero-order valence-corrected chi connectivity index (χ0v) is 30.4. The fourth-order valence-electron chi connectivity index (χ4n) is 8.82. The van der Waals surface area contributed by atoms with Gasteiger partial charge in [0, 0.05) is 49.7 Å². The van der Waals surface area contributed by atoms with E-state index in [0.29, 0.717) is 0 Å². The van der Waals surface area contributed by atoms with Crippen LogP contribution < -0.4 is 4.90 Å². The normalized spacial score (nSPS) is 13.6. The van der Waals surface area contributed by atoms with Gasteiger partial charge < -0.3 is 14.0 Å². The van der Waals surface area contributed by atoms with Gasteiger partial charge in [-0.1, -0.05) is 120 Å². The Balaban J connectivity index is 1.28. The Morgan fingerprint density at radius 1 is 0.481 bits per heavy atom. The van der Waals surface area contributed by atoms with Crippen molar-refractivity contribution in [3.05, 3.63) is 174 Å². The number of aromatic nitrogens is 2. The first-order chi connectivity index (χ1) is 25.2. The molecule has 7 aromatic carbocycles. The van der Waals surface area contributed by atoms with Crippen molar-refractivity contribution in [2.75, 3.05) is 4.90 Å². The number of rotatable bonds is 4. The highest BCUT2D eigenvalue weighted by Gasteiger charge is 2.37. The van der Waals surface area contributed by atoms with E-state index in [2.05, 4.69) is 206 Å². The quantitative estimate of drug-likeness (QED) is 0.181. The van der Waals surface area contributed by atoms with E-state index < -0.39 is 0 Å². The number of nitrogens with zero attached hydrogens (tertiary/aromatic N) is 3. The highest BCUT2D eigenvalue weighted by atomic mass is 15.1. The zero-order chi connectivity index (χ0) is 35.4. The molecule has 0 bridgehead atoms. The Morgan fingerprint density at radius 3 is 1.75 bits per heavy atom. The second-order valence-corrected chi connectivity index (χ2v) is 15.9. The van der Waals surface area contributed by atoms with E-state index in [-0.39, 0.29) is 10.8 Å². The lowest BCUT2D eigenvalue weighted by atomic mass is 9.74. The van der Waals surface area contributed by atoms with Gasteiger partial charge in [-0.2, -0.15) is 0 Å². The summed E-state index contributed by atoms with van der Waals surface area (Å²) in [4.78, 5) is 2.40. The zero-order valence-electron chi connectivity index (χ0n) is 30.4. The van der Waals surface area contributed by atoms with Crippen molar-refractivity contribution in [1.82, 2.24) is 9.13 Å². The molecule has 3 heterocycles. The summed E-state index contributed by atoms with van der Waals surface area (Å²) in [6.45, 7) is 11.7. The molecule has 0 saturated heterocycles. The van der Waals surface area contributed by atoms with Crippen LogP contribution in [0.4, 0.5) is 17.1 Å². The molecular weight excluding hydrogens is 631 g/mol. The molecule has 0 amide bonds. The van der Waals surface area contributed by atoms with Gasteiger partial charge in [0.1, 0.15) is 0 Å². The molecule has 0 saturated carbocycles. The lowest BCUT2D eigenvalue weighted by Crippen LogP contribution is -2.27. The van der Waals surface area contributed by atoms with Gasteiger partial charge in [0.25, 0.3) is 0 Å². The number of hydrogen-bond acceptors (Lipinski definition) is 1. The Bertz CT molecular complexity index is 2830. The van der Waals surface area contributed by atoms with Crippen molar-refractivity contribution in [3.8, 4) is 11.4 Å². The summed E-state index contributed by atoms with van der Waals surface area (Å²) in [6, 6.07) is 58.2. The first-order valence-electron chi connectivity index (χ1n) is 18.4. The maximum Gasteiger partial charge on any atom is 0.0641 e. The molecule has 3 nitrogen and oxygen atoms in total. The van der Waals surface area contributed by atoms with E-state index in [1.165, 1.54) is 71.7 Å². The van der Waals surface area contributed by atoms with Crippen molar-refractivity contribution < 1.29 is 0 Å². The Morgan fingerprint density at radius 2 is 1.06 bits per heavy atom. The number of fused-ring (bicyclic) bond motifs is 9. The van der Waals surface area contributed by atoms with Crippen molar-refractivity contribution >= 4 is 60.7 Å². The summed E-state index contributed by atoms with van der Waals surface area (Å²) >= 11 is 0. The van der Waals surface area contributed by atoms with Crippen LogP contribution in [0.3, 0.4) is 0 Å². The van der Waals surface area contributed by atoms with Crippen LogP contribution in [0.15, 0.2) is 158 Å². The first-order valence-corrected chi connectivity index (χ1v) is 18.4. The summed E-state index contributed by atoms with van der Waals surface area (Å²) in [6.07, 6.45) is 0. The maximum atomic E-state index is 2.54. The smallest absolute Gasteiger partial charge is 0.0641 e. The minimum atomic E-state index is -0.281. The standard InChI is InChI=1S/C49H41N3/c1-48(2,3)32-24-26-35(27-25-32)50(33-16-8-6-9-17-33)36-28-29-44-40(30-36)49(4,5)41-31-39-37-20-12-14-22-42(37)51(34-18-10-7-11-19-34)46(39)45-38-21-13-15-23-43(38)52(44)47(41)45/h6-31H,1-5H3. The molecule has 0 spiro atoms. The Labute approximate surface area is 305 Å². The van der Waals surface area contributed by atoms with E-state index >= 15 is 0 Å². The molecule has 0 aliphatic carbocycles. The highest BCUT2D eigenvalue weighted by molar-refractivity contribution is 6.27. The number of benzene rings is 7. The summed E-state index contributed by atoms with van der Waals surface area (Å²) in [7, 11) is 0. The highest BCUT2D eigenvalue weighted by Crippen LogP contribution is 2.52. The van der Waals surface area contributed by atoms with Gasteiger partial charge in [-0.05, 0) is 94.9 Å². The third-order valence-corrected chi connectivity index (χ3v) is 11.4. The van der Waals surface area contributed by atoms with Crippen LogP contribution in [0.1, 0.15) is 51.3 Å².